The zero-order valence-electron chi connectivity index (χ0n) is 11.3. The number of hydrogen-bond acceptors (Lipinski definition) is 4. The molecule has 4 heteroatoms. The number of ether oxygens (including phenoxy) is 1. The molecule has 98 valence electrons. The quantitative estimate of drug-likeness (QED) is 0.593. The van der Waals surface area contributed by atoms with Crippen LogP contribution in [0.1, 0.15) is 31.1 Å². The van der Waals surface area contributed by atoms with E-state index in [4.69, 9.17) is 0 Å². The lowest BCUT2D eigenvalue weighted by atomic mass is 10.1. The predicted molar refractivity (Wildman–Crippen MR) is 70.9 cm³/mol. The lowest BCUT2D eigenvalue weighted by Crippen LogP contribution is -2.36. The van der Waals surface area contributed by atoms with E-state index in [1.165, 1.54) is 14.0 Å². The standard InChI is InChI=1S/C14H19NO3/c1-10(2)15(9-14(17)18-4)13-7-5-12(6-8-13)11(3)16/h5-8,10H,9H2,1-4H3. The average molecular weight is 249 g/mol. The number of esters is 1. The van der Waals surface area contributed by atoms with Crippen LogP contribution in [0.25, 0.3) is 0 Å². The van der Waals surface area contributed by atoms with Crippen molar-refractivity contribution in [1.29, 1.82) is 0 Å². The second-order valence-electron chi connectivity index (χ2n) is 4.40. The summed E-state index contributed by atoms with van der Waals surface area (Å²) in [5.41, 5.74) is 1.57. The zero-order chi connectivity index (χ0) is 13.7. The van der Waals surface area contributed by atoms with E-state index < -0.39 is 0 Å². The summed E-state index contributed by atoms with van der Waals surface area (Å²) in [6, 6.07) is 7.40. The smallest absolute Gasteiger partial charge is 0.325 e. The molecule has 0 saturated carbocycles. The van der Waals surface area contributed by atoms with E-state index in [1.807, 2.05) is 30.9 Å². The Bertz CT molecular complexity index is 423. The highest BCUT2D eigenvalue weighted by atomic mass is 16.5. The van der Waals surface area contributed by atoms with Crippen LogP contribution in [0.2, 0.25) is 0 Å². The molecular weight excluding hydrogens is 230 g/mol. The van der Waals surface area contributed by atoms with Gasteiger partial charge in [0.15, 0.2) is 5.78 Å². The van der Waals surface area contributed by atoms with Crippen molar-refractivity contribution in [3.05, 3.63) is 29.8 Å². The van der Waals surface area contributed by atoms with Gasteiger partial charge in [0.25, 0.3) is 0 Å². The van der Waals surface area contributed by atoms with Crippen LogP contribution in [0.3, 0.4) is 0 Å². The molecule has 1 aromatic carbocycles. The summed E-state index contributed by atoms with van der Waals surface area (Å²) in [7, 11) is 1.37. The van der Waals surface area contributed by atoms with E-state index in [9.17, 15) is 9.59 Å². The van der Waals surface area contributed by atoms with Crippen molar-refractivity contribution in [3.8, 4) is 0 Å². The molecule has 0 radical (unpaired) electrons. The maximum Gasteiger partial charge on any atom is 0.325 e. The third-order valence-corrected chi connectivity index (χ3v) is 2.76. The highest BCUT2D eigenvalue weighted by molar-refractivity contribution is 5.94. The van der Waals surface area contributed by atoms with Crippen LogP contribution < -0.4 is 4.90 Å². The Morgan fingerprint density at radius 2 is 1.78 bits per heavy atom. The average Bonchev–Trinajstić information content (AvgIpc) is 2.35. The van der Waals surface area contributed by atoms with Gasteiger partial charge in [0.05, 0.1) is 7.11 Å². The van der Waals surface area contributed by atoms with E-state index in [1.54, 1.807) is 12.1 Å². The number of ketones is 1. The molecule has 0 unspecified atom stereocenters. The summed E-state index contributed by atoms with van der Waals surface area (Å²) in [5.74, 6) is -0.245. The van der Waals surface area contributed by atoms with Crippen molar-refractivity contribution in [1.82, 2.24) is 0 Å². The Hall–Kier alpha value is -1.84. The molecule has 1 rings (SSSR count). The number of carbonyl (C=O) groups excluding carboxylic acids is 2. The lowest BCUT2D eigenvalue weighted by molar-refractivity contribution is -0.139. The minimum Gasteiger partial charge on any atom is -0.468 e. The molecule has 0 aliphatic heterocycles. The molecule has 0 amide bonds. The Morgan fingerprint density at radius 3 is 2.17 bits per heavy atom. The molecule has 18 heavy (non-hydrogen) atoms. The van der Waals surface area contributed by atoms with Gasteiger partial charge in [-0.3, -0.25) is 9.59 Å². The van der Waals surface area contributed by atoms with Crippen LogP contribution in [-0.2, 0) is 9.53 Å². The largest absolute Gasteiger partial charge is 0.468 e. The highest BCUT2D eigenvalue weighted by Crippen LogP contribution is 2.18. The predicted octanol–water partition coefficient (Wildman–Crippen LogP) is 2.28. The number of Topliss-reactive ketones (excluding diaryl/α,β-unsaturated/α-hetero) is 1. The van der Waals surface area contributed by atoms with Crippen LogP contribution in [0.5, 0.6) is 0 Å². The molecular formula is C14H19NO3. The Balaban J connectivity index is 2.92. The molecule has 0 N–H and O–H groups in total. The number of carbonyl (C=O) groups is 2. The van der Waals surface area contributed by atoms with Gasteiger partial charge in [-0.25, -0.2) is 0 Å². The first kappa shape index (κ1) is 14.2. The van der Waals surface area contributed by atoms with Gasteiger partial charge >= 0.3 is 5.97 Å². The highest BCUT2D eigenvalue weighted by Gasteiger charge is 2.15. The van der Waals surface area contributed by atoms with E-state index in [0.717, 1.165) is 5.69 Å². The Labute approximate surface area is 108 Å². The number of nitrogens with zero attached hydrogens (tertiary/aromatic N) is 1. The topological polar surface area (TPSA) is 46.6 Å². The van der Waals surface area contributed by atoms with Gasteiger partial charge in [-0.05, 0) is 45.0 Å². The molecule has 0 spiro atoms. The second-order valence-corrected chi connectivity index (χ2v) is 4.40. The van der Waals surface area contributed by atoms with E-state index >= 15 is 0 Å². The summed E-state index contributed by atoms with van der Waals surface area (Å²) >= 11 is 0. The Morgan fingerprint density at radius 1 is 1.22 bits per heavy atom. The van der Waals surface area contributed by atoms with Crippen LogP contribution in [0, 0.1) is 0 Å². The van der Waals surface area contributed by atoms with E-state index in [2.05, 4.69) is 4.74 Å². The van der Waals surface area contributed by atoms with Crippen molar-refractivity contribution in [3.63, 3.8) is 0 Å². The van der Waals surface area contributed by atoms with Gasteiger partial charge in [0.1, 0.15) is 6.54 Å². The van der Waals surface area contributed by atoms with Crippen molar-refractivity contribution in [2.45, 2.75) is 26.8 Å². The fourth-order valence-corrected chi connectivity index (χ4v) is 1.66. The number of benzene rings is 1. The second kappa shape index (κ2) is 6.19. The fourth-order valence-electron chi connectivity index (χ4n) is 1.66. The molecule has 0 aromatic heterocycles. The first-order valence-electron chi connectivity index (χ1n) is 5.90. The summed E-state index contributed by atoms with van der Waals surface area (Å²) < 4.78 is 4.68. The molecule has 0 heterocycles. The van der Waals surface area contributed by atoms with Gasteiger partial charge < -0.3 is 9.64 Å². The maximum absolute atomic E-state index is 11.4. The van der Waals surface area contributed by atoms with E-state index in [-0.39, 0.29) is 24.3 Å². The van der Waals surface area contributed by atoms with Crippen LogP contribution in [0.4, 0.5) is 5.69 Å². The van der Waals surface area contributed by atoms with Gasteiger partial charge in [0.2, 0.25) is 0 Å². The summed E-state index contributed by atoms with van der Waals surface area (Å²) in [5, 5.41) is 0. The van der Waals surface area contributed by atoms with E-state index in [0.29, 0.717) is 5.56 Å². The van der Waals surface area contributed by atoms with Gasteiger partial charge in [0, 0.05) is 17.3 Å². The summed E-state index contributed by atoms with van der Waals surface area (Å²) in [6.07, 6.45) is 0. The minimum absolute atomic E-state index is 0.0330. The number of methoxy groups -OCH3 is 1. The molecule has 4 nitrogen and oxygen atoms in total. The third-order valence-electron chi connectivity index (χ3n) is 2.76. The SMILES string of the molecule is COC(=O)CN(c1ccc(C(C)=O)cc1)C(C)C. The van der Waals surface area contributed by atoms with Gasteiger partial charge in [-0.2, -0.15) is 0 Å². The fraction of sp³-hybridized carbons (Fsp3) is 0.429. The maximum atomic E-state index is 11.4. The van der Waals surface area contributed by atoms with Crippen LogP contribution >= 0.6 is 0 Å². The Kier molecular flexibility index (Phi) is 4.89. The lowest BCUT2D eigenvalue weighted by Gasteiger charge is -2.27. The number of rotatable bonds is 5. The molecule has 0 fully saturated rings. The normalized spacial score (nSPS) is 10.3. The minimum atomic E-state index is -0.278. The van der Waals surface area contributed by atoms with Gasteiger partial charge in [-0.1, -0.05) is 0 Å². The zero-order valence-corrected chi connectivity index (χ0v) is 11.3. The number of anilines is 1. The van der Waals surface area contributed by atoms with Crippen LogP contribution in [0.15, 0.2) is 24.3 Å². The molecule has 0 aliphatic rings. The van der Waals surface area contributed by atoms with Crippen molar-refractivity contribution in [2.24, 2.45) is 0 Å². The van der Waals surface area contributed by atoms with Crippen LogP contribution in [-0.4, -0.2) is 31.4 Å². The van der Waals surface area contributed by atoms with Crippen molar-refractivity contribution < 1.29 is 14.3 Å². The van der Waals surface area contributed by atoms with Crippen molar-refractivity contribution in [2.75, 3.05) is 18.6 Å². The molecule has 0 bridgehead atoms. The molecule has 0 saturated heterocycles. The molecule has 0 atom stereocenters. The monoisotopic (exact) mass is 249 g/mol. The molecule has 1 aromatic rings. The summed E-state index contributed by atoms with van der Waals surface area (Å²) in [6.45, 7) is 5.74. The van der Waals surface area contributed by atoms with Gasteiger partial charge in [-0.15, -0.1) is 0 Å². The van der Waals surface area contributed by atoms with Crippen molar-refractivity contribution >= 4 is 17.4 Å². The number of hydrogen-bond donors (Lipinski definition) is 0. The first-order valence-corrected chi connectivity index (χ1v) is 5.90. The molecule has 0 aliphatic carbocycles. The third kappa shape index (κ3) is 3.58. The summed E-state index contributed by atoms with van der Waals surface area (Å²) in [4.78, 5) is 24.5. The first-order chi connectivity index (χ1) is 8.45.